The van der Waals surface area contributed by atoms with Gasteiger partial charge >= 0.3 is 0 Å². The smallest absolute Gasteiger partial charge is 0.257 e. The fraction of sp³-hybridized carbons (Fsp3) is 0.480. The van der Waals surface area contributed by atoms with Crippen LogP contribution in [0.2, 0.25) is 0 Å². The van der Waals surface area contributed by atoms with Crippen LogP contribution in [0.1, 0.15) is 29.8 Å². The Hall–Kier alpha value is -2.62. The molecule has 0 saturated carbocycles. The molecule has 0 aliphatic carbocycles. The first-order valence-electron chi connectivity index (χ1n) is 11.4. The lowest BCUT2D eigenvalue weighted by atomic mass is 10.0. The third kappa shape index (κ3) is 6.94. The molecule has 0 bridgehead atoms. The van der Waals surface area contributed by atoms with E-state index in [0.29, 0.717) is 30.2 Å². The number of methoxy groups -OCH3 is 1. The lowest BCUT2D eigenvalue weighted by Crippen LogP contribution is -2.46. The van der Waals surface area contributed by atoms with Crippen LogP contribution in [0, 0.1) is 5.92 Å². The number of ether oxygens (including phenoxy) is 2. The van der Waals surface area contributed by atoms with Gasteiger partial charge in [-0.1, -0.05) is 37.3 Å². The molecule has 0 fully saturated rings. The number of amides is 1. The molecule has 1 aliphatic rings. The van der Waals surface area contributed by atoms with Gasteiger partial charge in [0.25, 0.3) is 5.91 Å². The summed E-state index contributed by atoms with van der Waals surface area (Å²) in [5, 5.41) is 0. The van der Waals surface area contributed by atoms with Crippen molar-refractivity contribution in [3.05, 3.63) is 59.7 Å². The normalized spacial score (nSPS) is 22.8. The number of fused-ring (bicyclic) bond motifs is 1. The zero-order valence-corrected chi connectivity index (χ0v) is 21.3. The quantitative estimate of drug-likeness (QED) is 0.695. The third-order valence-electron chi connectivity index (χ3n) is 6.11. The minimum absolute atomic E-state index is 0.0341. The molecule has 0 saturated heterocycles. The van der Waals surface area contributed by atoms with Gasteiger partial charge in [0.1, 0.15) is 12.4 Å². The van der Waals surface area contributed by atoms with E-state index >= 15 is 0 Å². The van der Waals surface area contributed by atoms with E-state index in [-0.39, 0.29) is 24.0 Å². The van der Waals surface area contributed by atoms with Gasteiger partial charge in [-0.05, 0) is 30.5 Å². The van der Waals surface area contributed by atoms with Crippen LogP contribution in [0.5, 0.6) is 5.75 Å². The lowest BCUT2D eigenvalue weighted by molar-refractivity contribution is 0.00922. The molecule has 1 N–H and O–H groups in total. The van der Waals surface area contributed by atoms with Crippen molar-refractivity contribution in [2.75, 3.05) is 44.8 Å². The Bertz CT molecular complexity index is 1080. The number of anilines is 1. The van der Waals surface area contributed by atoms with Gasteiger partial charge in [0.15, 0.2) is 0 Å². The Morgan fingerprint density at radius 2 is 1.82 bits per heavy atom. The fourth-order valence-corrected chi connectivity index (χ4v) is 4.72. The molecule has 34 heavy (non-hydrogen) atoms. The molecule has 8 nitrogen and oxygen atoms in total. The number of likely N-dealkylation sites (N-methyl/N-ethyl adjacent to an activating group) is 1. The highest BCUT2D eigenvalue weighted by atomic mass is 32.2. The van der Waals surface area contributed by atoms with Crippen molar-refractivity contribution in [1.29, 1.82) is 0 Å². The molecule has 1 amide bonds. The van der Waals surface area contributed by atoms with Crippen molar-refractivity contribution in [3.8, 4) is 5.75 Å². The number of rotatable bonds is 5. The Morgan fingerprint density at radius 1 is 1.12 bits per heavy atom. The van der Waals surface area contributed by atoms with E-state index in [1.165, 1.54) is 5.56 Å². The molecular weight excluding hydrogens is 454 g/mol. The molecule has 0 spiro atoms. The molecule has 0 radical (unpaired) electrons. The third-order valence-corrected chi connectivity index (χ3v) is 6.71. The van der Waals surface area contributed by atoms with E-state index in [9.17, 15) is 13.2 Å². The average Bonchev–Trinajstić information content (AvgIpc) is 2.79. The maximum atomic E-state index is 13.2. The maximum Gasteiger partial charge on any atom is 0.257 e. The van der Waals surface area contributed by atoms with Crippen LogP contribution in [0.25, 0.3) is 0 Å². The lowest BCUT2D eigenvalue weighted by Gasteiger charge is -2.36. The standard InChI is InChI=1S/C25H35N3O5S/c1-18-14-28(15-20-9-7-6-8-10-20)19(2)17-33-23-13-21(26-34(5,30)31)11-12-22(23)25(29)27(3)16-24(18)32-4/h6-13,18-19,24,26H,14-17H2,1-5H3/t18-,19-,24+/m1/s1. The summed E-state index contributed by atoms with van der Waals surface area (Å²) in [5.41, 5.74) is 1.93. The van der Waals surface area contributed by atoms with E-state index in [4.69, 9.17) is 9.47 Å². The number of benzene rings is 2. The maximum absolute atomic E-state index is 13.2. The number of hydrogen-bond acceptors (Lipinski definition) is 6. The fourth-order valence-electron chi connectivity index (χ4n) is 4.16. The van der Waals surface area contributed by atoms with E-state index in [1.54, 1.807) is 37.3 Å². The summed E-state index contributed by atoms with van der Waals surface area (Å²) in [6, 6.07) is 15.0. The summed E-state index contributed by atoms with van der Waals surface area (Å²) in [6.07, 6.45) is 0.941. The first kappa shape index (κ1) is 26.0. The first-order valence-corrected chi connectivity index (χ1v) is 13.3. The van der Waals surface area contributed by atoms with Gasteiger partial charge in [-0.2, -0.15) is 0 Å². The number of nitrogens with zero attached hydrogens (tertiary/aromatic N) is 2. The van der Waals surface area contributed by atoms with Crippen LogP contribution in [-0.2, 0) is 21.3 Å². The average molecular weight is 490 g/mol. The van der Waals surface area contributed by atoms with E-state index in [1.807, 2.05) is 18.2 Å². The number of carbonyl (C=O) groups excluding carboxylic acids is 1. The largest absolute Gasteiger partial charge is 0.491 e. The predicted molar refractivity (Wildman–Crippen MR) is 134 cm³/mol. The Morgan fingerprint density at radius 3 is 2.47 bits per heavy atom. The van der Waals surface area contributed by atoms with Crippen LogP contribution >= 0.6 is 0 Å². The molecule has 1 aliphatic heterocycles. The van der Waals surface area contributed by atoms with Crippen molar-refractivity contribution in [2.24, 2.45) is 5.92 Å². The number of hydrogen-bond donors (Lipinski definition) is 1. The van der Waals surface area contributed by atoms with E-state index in [2.05, 4.69) is 35.6 Å². The highest BCUT2D eigenvalue weighted by molar-refractivity contribution is 7.92. The second kappa shape index (κ2) is 11.2. The number of carbonyl (C=O) groups is 1. The van der Waals surface area contributed by atoms with Gasteiger partial charge in [-0.15, -0.1) is 0 Å². The summed E-state index contributed by atoms with van der Waals surface area (Å²) < 4.78 is 37.8. The monoisotopic (exact) mass is 489 g/mol. The molecular formula is C25H35N3O5S. The van der Waals surface area contributed by atoms with Gasteiger partial charge in [-0.25, -0.2) is 8.42 Å². The first-order chi connectivity index (χ1) is 16.1. The zero-order chi connectivity index (χ0) is 24.9. The molecule has 9 heteroatoms. The van der Waals surface area contributed by atoms with Crippen LogP contribution < -0.4 is 9.46 Å². The summed E-state index contributed by atoms with van der Waals surface area (Å²) >= 11 is 0. The van der Waals surface area contributed by atoms with Gasteiger partial charge in [0.2, 0.25) is 10.0 Å². The van der Waals surface area contributed by atoms with Crippen molar-refractivity contribution < 1.29 is 22.7 Å². The molecule has 0 unspecified atom stereocenters. The SMILES string of the molecule is CO[C@H]1CN(C)C(=O)c2ccc(NS(C)(=O)=O)cc2OC[C@@H](C)N(Cc2ccccc2)C[C@H]1C. The second-order valence-corrected chi connectivity index (χ2v) is 10.8. The summed E-state index contributed by atoms with van der Waals surface area (Å²) in [6.45, 7) is 6.51. The van der Waals surface area contributed by atoms with Crippen molar-refractivity contribution in [2.45, 2.75) is 32.5 Å². The van der Waals surface area contributed by atoms with Crippen LogP contribution in [-0.4, -0.2) is 76.4 Å². The highest BCUT2D eigenvalue weighted by Crippen LogP contribution is 2.27. The molecule has 3 rings (SSSR count). The number of sulfonamides is 1. The van der Waals surface area contributed by atoms with Crippen LogP contribution in [0.15, 0.2) is 48.5 Å². The van der Waals surface area contributed by atoms with E-state index in [0.717, 1.165) is 19.3 Å². The molecule has 2 aromatic carbocycles. The topological polar surface area (TPSA) is 88.2 Å². The minimum atomic E-state index is -3.46. The molecule has 1 heterocycles. The van der Waals surface area contributed by atoms with Gasteiger partial charge in [0.05, 0.1) is 23.6 Å². The summed E-state index contributed by atoms with van der Waals surface area (Å²) in [7, 11) is -0.0478. The summed E-state index contributed by atoms with van der Waals surface area (Å²) in [5.74, 6) is 0.316. The Kier molecular flexibility index (Phi) is 8.57. The number of nitrogens with one attached hydrogen (secondary N) is 1. The van der Waals surface area contributed by atoms with Gasteiger partial charge in [0, 0.05) is 45.9 Å². The minimum Gasteiger partial charge on any atom is -0.491 e. The zero-order valence-electron chi connectivity index (χ0n) is 20.5. The summed E-state index contributed by atoms with van der Waals surface area (Å²) in [4.78, 5) is 17.2. The Labute approximate surface area is 202 Å². The van der Waals surface area contributed by atoms with Crippen LogP contribution in [0.3, 0.4) is 0 Å². The molecule has 2 aromatic rings. The molecule has 3 atom stereocenters. The van der Waals surface area contributed by atoms with E-state index < -0.39 is 10.0 Å². The molecule has 186 valence electrons. The van der Waals surface area contributed by atoms with Gasteiger partial charge < -0.3 is 14.4 Å². The van der Waals surface area contributed by atoms with Crippen LogP contribution in [0.4, 0.5) is 5.69 Å². The van der Waals surface area contributed by atoms with Crippen molar-refractivity contribution in [1.82, 2.24) is 9.80 Å². The highest BCUT2D eigenvalue weighted by Gasteiger charge is 2.28. The Balaban J connectivity index is 1.96. The van der Waals surface area contributed by atoms with Gasteiger partial charge in [-0.3, -0.25) is 14.4 Å². The molecule has 0 aromatic heterocycles. The predicted octanol–water partition coefficient (Wildman–Crippen LogP) is 3.06. The second-order valence-electron chi connectivity index (χ2n) is 9.10. The van der Waals surface area contributed by atoms with Crippen molar-refractivity contribution >= 4 is 21.6 Å². The van der Waals surface area contributed by atoms with Crippen molar-refractivity contribution in [3.63, 3.8) is 0 Å².